The molecule has 1 rings (SSSR count). The van der Waals surface area contributed by atoms with Gasteiger partial charge in [-0.2, -0.15) is 0 Å². The highest BCUT2D eigenvalue weighted by Crippen LogP contribution is 2.05. The van der Waals surface area contributed by atoms with Crippen LogP contribution in [0.1, 0.15) is 18.9 Å². The summed E-state index contributed by atoms with van der Waals surface area (Å²) in [4.78, 5) is 20.2. The van der Waals surface area contributed by atoms with E-state index in [0.29, 0.717) is 12.0 Å². The van der Waals surface area contributed by atoms with Gasteiger partial charge in [-0.15, -0.1) is 0 Å². The molecule has 0 aliphatic heterocycles. The van der Waals surface area contributed by atoms with Gasteiger partial charge in [-0.25, -0.2) is 4.79 Å². The van der Waals surface area contributed by atoms with Crippen LogP contribution < -0.4 is 5.73 Å². The Hall–Kier alpha value is -2.62. The molecule has 0 radical (unpaired) electrons. The third-order valence-electron chi connectivity index (χ3n) is 2.20. The molecule has 4 heteroatoms. The summed E-state index contributed by atoms with van der Waals surface area (Å²) in [5, 5.41) is 8.55. The molecule has 0 aromatic heterocycles. The monoisotopic (exact) mass is 273 g/mol. The van der Waals surface area contributed by atoms with Gasteiger partial charge in [0, 0.05) is 11.1 Å². The second kappa shape index (κ2) is 9.33. The molecule has 0 saturated carbocycles. The summed E-state index contributed by atoms with van der Waals surface area (Å²) in [6.45, 7) is 8.29. The van der Waals surface area contributed by atoms with Crippen LogP contribution in [0.5, 0.6) is 0 Å². The standard InChI is InChI=1S/C12H12O2.C4H7NO/c1-10(12(13)14)6-5-9-11-7-3-2-4-8-11;1-3(2)4(5)6/h2-5,7-9H,1,6H2,(H,13,14);1H2,2H3,(H2,5,6). The molecule has 20 heavy (non-hydrogen) atoms. The normalized spacial score (nSPS) is 9.45. The Morgan fingerprint density at radius 2 is 1.75 bits per heavy atom. The highest BCUT2D eigenvalue weighted by atomic mass is 16.4. The summed E-state index contributed by atoms with van der Waals surface area (Å²) in [5.74, 6) is -1.38. The molecule has 1 aromatic carbocycles. The van der Waals surface area contributed by atoms with Crippen LogP contribution in [0.15, 0.2) is 60.7 Å². The first-order valence-corrected chi connectivity index (χ1v) is 5.92. The van der Waals surface area contributed by atoms with Gasteiger partial charge in [0.2, 0.25) is 5.91 Å². The van der Waals surface area contributed by atoms with Gasteiger partial charge in [0.25, 0.3) is 0 Å². The smallest absolute Gasteiger partial charge is 0.331 e. The first-order valence-electron chi connectivity index (χ1n) is 5.92. The van der Waals surface area contributed by atoms with E-state index in [9.17, 15) is 9.59 Å². The van der Waals surface area contributed by atoms with Crippen LogP contribution in [0, 0.1) is 0 Å². The van der Waals surface area contributed by atoms with Crippen molar-refractivity contribution < 1.29 is 14.7 Å². The second-order valence-electron chi connectivity index (χ2n) is 4.07. The van der Waals surface area contributed by atoms with E-state index < -0.39 is 11.9 Å². The third kappa shape index (κ3) is 8.47. The van der Waals surface area contributed by atoms with E-state index in [1.807, 2.05) is 36.4 Å². The van der Waals surface area contributed by atoms with Crippen molar-refractivity contribution in [2.75, 3.05) is 0 Å². The largest absolute Gasteiger partial charge is 0.478 e. The minimum Gasteiger partial charge on any atom is -0.478 e. The molecule has 4 nitrogen and oxygen atoms in total. The molecule has 1 amide bonds. The van der Waals surface area contributed by atoms with E-state index in [4.69, 9.17) is 10.8 Å². The number of hydrogen-bond acceptors (Lipinski definition) is 2. The maximum absolute atomic E-state index is 10.4. The molecule has 0 unspecified atom stereocenters. The van der Waals surface area contributed by atoms with Gasteiger partial charge in [0.15, 0.2) is 0 Å². The number of carbonyl (C=O) groups is 2. The summed E-state index contributed by atoms with van der Waals surface area (Å²) in [6, 6.07) is 9.73. The van der Waals surface area contributed by atoms with Gasteiger partial charge in [-0.3, -0.25) is 4.79 Å². The fourth-order valence-electron chi connectivity index (χ4n) is 0.989. The number of aliphatic carboxylic acids is 1. The van der Waals surface area contributed by atoms with Crippen molar-refractivity contribution in [3.8, 4) is 0 Å². The number of allylic oxidation sites excluding steroid dienone is 1. The second-order valence-corrected chi connectivity index (χ2v) is 4.07. The number of amides is 1. The Morgan fingerprint density at radius 3 is 2.15 bits per heavy atom. The molecule has 0 bridgehead atoms. The highest BCUT2D eigenvalue weighted by molar-refractivity contribution is 5.90. The van der Waals surface area contributed by atoms with E-state index >= 15 is 0 Å². The first-order chi connectivity index (χ1) is 9.34. The van der Waals surface area contributed by atoms with Crippen molar-refractivity contribution >= 4 is 18.0 Å². The van der Waals surface area contributed by atoms with Crippen LogP contribution in [0.3, 0.4) is 0 Å². The molecule has 106 valence electrons. The molecule has 0 heterocycles. The minimum atomic E-state index is -0.942. The van der Waals surface area contributed by atoms with Crippen molar-refractivity contribution in [1.29, 1.82) is 0 Å². The minimum absolute atomic E-state index is 0.206. The number of carbonyl (C=O) groups excluding carboxylic acids is 1. The van der Waals surface area contributed by atoms with Crippen molar-refractivity contribution in [2.24, 2.45) is 5.73 Å². The van der Waals surface area contributed by atoms with Gasteiger partial charge in [-0.05, 0) is 18.9 Å². The van der Waals surface area contributed by atoms with E-state index in [-0.39, 0.29) is 5.57 Å². The molecular weight excluding hydrogens is 254 g/mol. The van der Waals surface area contributed by atoms with E-state index in [1.54, 1.807) is 13.0 Å². The lowest BCUT2D eigenvalue weighted by Crippen LogP contribution is -2.10. The van der Waals surface area contributed by atoms with Crippen LogP contribution in [-0.4, -0.2) is 17.0 Å². The Labute approximate surface area is 118 Å². The van der Waals surface area contributed by atoms with E-state index in [1.165, 1.54) is 0 Å². The topological polar surface area (TPSA) is 80.4 Å². The number of primary amides is 1. The summed E-state index contributed by atoms with van der Waals surface area (Å²) < 4.78 is 0. The lowest BCUT2D eigenvalue weighted by Gasteiger charge is -1.93. The predicted octanol–water partition coefficient (Wildman–Crippen LogP) is 2.78. The van der Waals surface area contributed by atoms with Gasteiger partial charge in [-0.1, -0.05) is 55.6 Å². The molecular formula is C16H19NO3. The lowest BCUT2D eigenvalue weighted by molar-refractivity contribution is -0.132. The summed E-state index contributed by atoms with van der Waals surface area (Å²) >= 11 is 0. The van der Waals surface area contributed by atoms with Crippen LogP contribution in [0.4, 0.5) is 0 Å². The summed E-state index contributed by atoms with van der Waals surface area (Å²) in [5.41, 5.74) is 6.36. The van der Waals surface area contributed by atoms with E-state index in [0.717, 1.165) is 5.56 Å². The number of carboxylic acid groups (broad SMARTS) is 1. The van der Waals surface area contributed by atoms with Crippen LogP contribution in [0.2, 0.25) is 0 Å². The van der Waals surface area contributed by atoms with Crippen LogP contribution in [0.25, 0.3) is 6.08 Å². The maximum atomic E-state index is 10.4. The Bertz CT molecular complexity index is 504. The molecule has 3 N–H and O–H groups in total. The van der Waals surface area contributed by atoms with Gasteiger partial charge < -0.3 is 10.8 Å². The average molecular weight is 273 g/mol. The Balaban J connectivity index is 0.000000511. The fraction of sp³-hybridized carbons (Fsp3) is 0.125. The quantitative estimate of drug-likeness (QED) is 0.809. The third-order valence-corrected chi connectivity index (χ3v) is 2.20. The zero-order chi connectivity index (χ0) is 15.5. The number of nitrogens with two attached hydrogens (primary N) is 1. The molecule has 1 aromatic rings. The van der Waals surface area contributed by atoms with Crippen molar-refractivity contribution in [1.82, 2.24) is 0 Å². The Kier molecular flexibility index (Phi) is 8.11. The molecule has 0 saturated heterocycles. The summed E-state index contributed by atoms with van der Waals surface area (Å²) in [6.07, 6.45) is 4.06. The highest BCUT2D eigenvalue weighted by Gasteiger charge is 1.99. The van der Waals surface area contributed by atoms with E-state index in [2.05, 4.69) is 13.2 Å². The van der Waals surface area contributed by atoms with Gasteiger partial charge >= 0.3 is 5.97 Å². The van der Waals surface area contributed by atoms with Crippen LogP contribution in [-0.2, 0) is 9.59 Å². The van der Waals surface area contributed by atoms with Crippen molar-refractivity contribution in [2.45, 2.75) is 13.3 Å². The van der Waals surface area contributed by atoms with Gasteiger partial charge in [0.1, 0.15) is 0 Å². The molecule has 0 atom stereocenters. The molecule has 0 aliphatic rings. The summed E-state index contributed by atoms with van der Waals surface area (Å²) in [7, 11) is 0. The fourth-order valence-corrected chi connectivity index (χ4v) is 0.989. The van der Waals surface area contributed by atoms with Crippen LogP contribution >= 0.6 is 0 Å². The Morgan fingerprint density at radius 1 is 1.25 bits per heavy atom. The number of rotatable bonds is 5. The van der Waals surface area contributed by atoms with Gasteiger partial charge in [0.05, 0.1) is 0 Å². The molecule has 0 fully saturated rings. The number of hydrogen-bond donors (Lipinski definition) is 2. The lowest BCUT2D eigenvalue weighted by atomic mass is 10.1. The molecule has 0 aliphatic carbocycles. The maximum Gasteiger partial charge on any atom is 0.331 e. The first kappa shape index (κ1) is 17.4. The predicted molar refractivity (Wildman–Crippen MR) is 80.9 cm³/mol. The van der Waals surface area contributed by atoms with Crippen molar-refractivity contribution in [3.63, 3.8) is 0 Å². The number of carboxylic acids is 1. The number of benzene rings is 1. The molecule has 0 spiro atoms. The SMILES string of the molecule is C=C(C)C(N)=O.C=C(CC=Cc1ccccc1)C(=O)O. The average Bonchev–Trinajstić information content (AvgIpc) is 2.40. The zero-order valence-corrected chi connectivity index (χ0v) is 11.5. The van der Waals surface area contributed by atoms with Crippen molar-refractivity contribution in [3.05, 3.63) is 66.3 Å². The zero-order valence-electron chi connectivity index (χ0n) is 11.5.